The number of amides is 2. The van der Waals surface area contributed by atoms with Gasteiger partial charge < -0.3 is 20.1 Å². The molecule has 2 N–H and O–H groups in total. The summed E-state index contributed by atoms with van der Waals surface area (Å²) in [6.45, 7) is 5.94. The zero-order chi connectivity index (χ0) is 24.7. The molecule has 0 bridgehead atoms. The lowest BCUT2D eigenvalue weighted by Crippen LogP contribution is -2.23. The van der Waals surface area contributed by atoms with Gasteiger partial charge in [0.25, 0.3) is 5.91 Å². The van der Waals surface area contributed by atoms with Gasteiger partial charge in [0.05, 0.1) is 19.5 Å². The van der Waals surface area contributed by atoms with Gasteiger partial charge in [-0.15, -0.1) is 11.8 Å². The number of methoxy groups -OCH3 is 2. The number of aryl methyl sites for hydroxylation is 2. The molecule has 0 heterocycles. The van der Waals surface area contributed by atoms with E-state index in [9.17, 15) is 9.59 Å². The van der Waals surface area contributed by atoms with Crippen LogP contribution in [0.3, 0.4) is 0 Å². The van der Waals surface area contributed by atoms with Crippen molar-refractivity contribution in [2.75, 3.05) is 24.9 Å². The molecule has 1 unspecified atom stereocenters. The van der Waals surface area contributed by atoms with Gasteiger partial charge in [-0.25, -0.2) is 0 Å². The van der Waals surface area contributed by atoms with E-state index in [0.29, 0.717) is 22.7 Å². The first-order valence-electron chi connectivity index (χ1n) is 11.1. The lowest BCUT2D eigenvalue weighted by atomic mass is 10.1. The van der Waals surface area contributed by atoms with Crippen LogP contribution < -0.4 is 20.1 Å². The molecule has 178 valence electrons. The summed E-state index contributed by atoms with van der Waals surface area (Å²) in [5.74, 6) is 0.718. The molecule has 0 aliphatic heterocycles. The fraction of sp³-hybridized carbons (Fsp3) is 0.259. The molecule has 34 heavy (non-hydrogen) atoms. The van der Waals surface area contributed by atoms with Crippen LogP contribution in [0.5, 0.6) is 11.5 Å². The summed E-state index contributed by atoms with van der Waals surface area (Å²) in [6, 6.07) is 18.5. The lowest BCUT2D eigenvalue weighted by molar-refractivity contribution is -0.115. The minimum Gasteiger partial charge on any atom is -0.493 e. The second-order valence-corrected chi connectivity index (χ2v) is 9.18. The first-order valence-corrected chi connectivity index (χ1v) is 11.9. The highest BCUT2D eigenvalue weighted by Crippen LogP contribution is 2.30. The number of thioether (sulfide) groups is 1. The van der Waals surface area contributed by atoms with Crippen molar-refractivity contribution < 1.29 is 19.1 Å². The zero-order valence-corrected chi connectivity index (χ0v) is 20.9. The van der Waals surface area contributed by atoms with E-state index in [1.165, 1.54) is 18.9 Å². The van der Waals surface area contributed by atoms with E-state index >= 15 is 0 Å². The predicted molar refractivity (Wildman–Crippen MR) is 138 cm³/mol. The van der Waals surface area contributed by atoms with E-state index in [1.54, 1.807) is 25.3 Å². The van der Waals surface area contributed by atoms with E-state index in [0.717, 1.165) is 28.1 Å². The average molecular weight is 479 g/mol. The molecule has 1 atom stereocenters. The van der Waals surface area contributed by atoms with Crippen LogP contribution in [0, 0.1) is 6.92 Å². The van der Waals surface area contributed by atoms with Crippen molar-refractivity contribution in [2.45, 2.75) is 37.3 Å². The van der Waals surface area contributed by atoms with E-state index in [2.05, 4.69) is 17.6 Å². The summed E-state index contributed by atoms with van der Waals surface area (Å²) in [4.78, 5) is 26.5. The standard InChI is InChI=1S/C27H30N2O4S/c1-6-19-10-7-9-17(2)25(19)29-26(30)18(3)34-22-12-8-11-21(16-22)28-27(31)20-13-14-23(32-4)24(15-20)33-5/h7-16,18H,6H2,1-5H3,(H,28,31)(H,29,30). The number of hydrogen-bond donors (Lipinski definition) is 2. The van der Waals surface area contributed by atoms with Crippen molar-refractivity contribution in [3.63, 3.8) is 0 Å². The van der Waals surface area contributed by atoms with E-state index in [4.69, 9.17) is 9.47 Å². The van der Waals surface area contributed by atoms with E-state index < -0.39 is 0 Å². The Balaban J connectivity index is 1.67. The number of anilines is 2. The van der Waals surface area contributed by atoms with Crippen LogP contribution in [0.4, 0.5) is 11.4 Å². The smallest absolute Gasteiger partial charge is 0.255 e. The summed E-state index contributed by atoms with van der Waals surface area (Å²) in [5.41, 5.74) is 4.14. The van der Waals surface area contributed by atoms with Crippen molar-refractivity contribution in [1.82, 2.24) is 0 Å². The second-order valence-electron chi connectivity index (χ2n) is 7.76. The molecule has 7 heteroatoms. The first kappa shape index (κ1) is 25.2. The third kappa shape index (κ3) is 6.11. The second kappa shape index (κ2) is 11.6. The van der Waals surface area contributed by atoms with Crippen LogP contribution in [0.1, 0.15) is 35.3 Å². The number of hydrogen-bond acceptors (Lipinski definition) is 5. The summed E-state index contributed by atoms with van der Waals surface area (Å²) < 4.78 is 10.5. The van der Waals surface area contributed by atoms with Crippen molar-refractivity contribution in [2.24, 2.45) is 0 Å². The Morgan fingerprint density at radius 1 is 0.941 bits per heavy atom. The van der Waals surface area contributed by atoms with Crippen LogP contribution in [-0.2, 0) is 11.2 Å². The number of benzene rings is 3. The molecule has 3 aromatic rings. The van der Waals surface area contributed by atoms with Gasteiger partial charge in [-0.3, -0.25) is 9.59 Å². The topological polar surface area (TPSA) is 76.7 Å². The highest BCUT2D eigenvalue weighted by Gasteiger charge is 2.17. The number of carbonyl (C=O) groups excluding carboxylic acids is 2. The normalized spacial score (nSPS) is 11.4. The van der Waals surface area contributed by atoms with Crippen LogP contribution >= 0.6 is 11.8 Å². The van der Waals surface area contributed by atoms with Gasteiger partial charge in [0.1, 0.15) is 0 Å². The molecule has 2 amide bonds. The van der Waals surface area contributed by atoms with Gasteiger partial charge in [0, 0.05) is 21.8 Å². The molecule has 6 nitrogen and oxygen atoms in total. The molecule has 0 radical (unpaired) electrons. The van der Waals surface area contributed by atoms with Crippen LogP contribution in [0.2, 0.25) is 0 Å². The largest absolute Gasteiger partial charge is 0.493 e. The number of nitrogens with one attached hydrogen (secondary N) is 2. The quantitative estimate of drug-likeness (QED) is 0.372. The Kier molecular flexibility index (Phi) is 8.60. The van der Waals surface area contributed by atoms with E-state index in [1.807, 2.05) is 56.3 Å². The van der Waals surface area contributed by atoms with Crippen LogP contribution in [0.15, 0.2) is 65.6 Å². The van der Waals surface area contributed by atoms with Crippen LogP contribution in [-0.4, -0.2) is 31.3 Å². The number of carbonyl (C=O) groups is 2. The molecule has 0 spiro atoms. The Morgan fingerprint density at radius 3 is 2.38 bits per heavy atom. The van der Waals surface area contributed by atoms with Gasteiger partial charge in [-0.2, -0.15) is 0 Å². The fourth-order valence-corrected chi connectivity index (χ4v) is 4.44. The average Bonchev–Trinajstić information content (AvgIpc) is 2.84. The highest BCUT2D eigenvalue weighted by molar-refractivity contribution is 8.00. The van der Waals surface area contributed by atoms with Gasteiger partial charge >= 0.3 is 0 Å². The maximum atomic E-state index is 12.9. The monoisotopic (exact) mass is 478 g/mol. The van der Waals surface area contributed by atoms with Gasteiger partial charge in [0.15, 0.2) is 11.5 Å². The molecule has 0 saturated carbocycles. The van der Waals surface area contributed by atoms with Crippen molar-refractivity contribution >= 4 is 35.0 Å². The molecule has 3 aromatic carbocycles. The summed E-state index contributed by atoms with van der Waals surface area (Å²) in [7, 11) is 3.07. The van der Waals surface area contributed by atoms with Gasteiger partial charge in [-0.05, 0) is 67.8 Å². The van der Waals surface area contributed by atoms with Gasteiger partial charge in [0.2, 0.25) is 5.91 Å². The first-order chi connectivity index (χ1) is 16.4. The maximum Gasteiger partial charge on any atom is 0.255 e. The number of para-hydroxylation sites is 1. The predicted octanol–water partition coefficient (Wildman–Crippen LogP) is 5.95. The fourth-order valence-electron chi connectivity index (χ4n) is 3.51. The summed E-state index contributed by atoms with van der Waals surface area (Å²) >= 11 is 1.44. The van der Waals surface area contributed by atoms with Crippen molar-refractivity contribution in [1.29, 1.82) is 0 Å². The number of rotatable bonds is 9. The minimum absolute atomic E-state index is 0.0613. The minimum atomic E-state index is -0.318. The van der Waals surface area contributed by atoms with E-state index in [-0.39, 0.29) is 17.1 Å². The lowest BCUT2D eigenvalue weighted by Gasteiger charge is -2.16. The molecular formula is C27H30N2O4S. The molecule has 0 aromatic heterocycles. The Labute approximate surface area is 205 Å². The molecule has 0 saturated heterocycles. The molecule has 0 fully saturated rings. The Bertz CT molecular complexity index is 1180. The van der Waals surface area contributed by atoms with Gasteiger partial charge in [-0.1, -0.05) is 31.2 Å². The highest BCUT2D eigenvalue weighted by atomic mass is 32.2. The number of ether oxygens (including phenoxy) is 2. The third-order valence-electron chi connectivity index (χ3n) is 5.41. The molecule has 3 rings (SSSR count). The zero-order valence-electron chi connectivity index (χ0n) is 20.1. The molecular weight excluding hydrogens is 448 g/mol. The summed E-state index contributed by atoms with van der Waals surface area (Å²) in [6.07, 6.45) is 0.848. The SMILES string of the molecule is CCc1cccc(C)c1NC(=O)C(C)Sc1cccc(NC(=O)c2ccc(OC)c(OC)c2)c1. The van der Waals surface area contributed by atoms with Crippen molar-refractivity contribution in [3.8, 4) is 11.5 Å². The maximum absolute atomic E-state index is 12.9. The molecule has 0 aliphatic rings. The Morgan fingerprint density at radius 2 is 1.68 bits per heavy atom. The summed E-state index contributed by atoms with van der Waals surface area (Å²) in [5, 5.41) is 5.67. The van der Waals surface area contributed by atoms with Crippen molar-refractivity contribution in [3.05, 3.63) is 77.4 Å². The van der Waals surface area contributed by atoms with Crippen LogP contribution in [0.25, 0.3) is 0 Å². The third-order valence-corrected chi connectivity index (χ3v) is 6.50. The Hall–Kier alpha value is -3.45. The molecule has 0 aliphatic carbocycles.